The van der Waals surface area contributed by atoms with E-state index in [9.17, 15) is 0 Å². The van der Waals surface area contributed by atoms with Crippen LogP contribution >= 0.6 is 0 Å². The molecule has 0 fully saturated rings. The number of ether oxygens (including phenoxy) is 1. The molecule has 1 unspecified atom stereocenters. The van der Waals surface area contributed by atoms with Crippen LogP contribution in [0.3, 0.4) is 0 Å². The van der Waals surface area contributed by atoms with E-state index in [0.29, 0.717) is 18.4 Å². The van der Waals surface area contributed by atoms with Gasteiger partial charge in [-0.2, -0.15) is 0 Å². The standard InChI is InChI=1S/C16H23N3O2/c1-4-10-17-12(3)13-8-6-7-9-14(13)20-11-16-19-18-15(5-2)21-16/h6-9,12,17H,4-5,10-11H2,1-3H3. The molecule has 0 spiro atoms. The molecule has 0 aliphatic rings. The molecular weight excluding hydrogens is 266 g/mol. The van der Waals surface area contributed by atoms with E-state index in [0.717, 1.165) is 30.7 Å². The van der Waals surface area contributed by atoms with E-state index < -0.39 is 0 Å². The molecule has 0 saturated carbocycles. The maximum atomic E-state index is 5.85. The molecule has 0 aliphatic carbocycles. The van der Waals surface area contributed by atoms with E-state index in [2.05, 4.69) is 35.4 Å². The van der Waals surface area contributed by atoms with Gasteiger partial charge in [-0.25, -0.2) is 0 Å². The van der Waals surface area contributed by atoms with Gasteiger partial charge in [-0.1, -0.05) is 32.0 Å². The second-order valence-electron chi connectivity index (χ2n) is 4.95. The first-order valence-corrected chi connectivity index (χ1v) is 7.51. The van der Waals surface area contributed by atoms with Gasteiger partial charge in [0.05, 0.1) is 0 Å². The average molecular weight is 289 g/mol. The molecule has 1 aromatic heterocycles. The molecule has 0 radical (unpaired) electrons. The number of aryl methyl sites for hydroxylation is 1. The van der Waals surface area contributed by atoms with E-state index >= 15 is 0 Å². The highest BCUT2D eigenvalue weighted by atomic mass is 16.5. The van der Waals surface area contributed by atoms with Gasteiger partial charge in [-0.15, -0.1) is 10.2 Å². The highest BCUT2D eigenvalue weighted by Gasteiger charge is 2.12. The minimum Gasteiger partial charge on any atom is -0.483 e. The van der Waals surface area contributed by atoms with E-state index in [1.54, 1.807) is 0 Å². The van der Waals surface area contributed by atoms with Gasteiger partial charge >= 0.3 is 0 Å². The van der Waals surface area contributed by atoms with Gasteiger partial charge in [0.25, 0.3) is 5.89 Å². The van der Waals surface area contributed by atoms with Gasteiger partial charge in [-0.05, 0) is 26.0 Å². The molecule has 0 bridgehead atoms. The van der Waals surface area contributed by atoms with Crippen LogP contribution in [0.25, 0.3) is 0 Å². The summed E-state index contributed by atoms with van der Waals surface area (Å²) in [4.78, 5) is 0. The van der Waals surface area contributed by atoms with Crippen molar-refractivity contribution in [3.8, 4) is 5.75 Å². The van der Waals surface area contributed by atoms with Crippen molar-refractivity contribution in [2.45, 2.75) is 46.3 Å². The molecule has 0 amide bonds. The largest absolute Gasteiger partial charge is 0.483 e. The Kier molecular flexibility index (Phi) is 5.75. The van der Waals surface area contributed by atoms with Crippen LogP contribution in [0.5, 0.6) is 5.75 Å². The molecule has 0 aliphatic heterocycles. The lowest BCUT2D eigenvalue weighted by Gasteiger charge is -2.17. The molecule has 5 nitrogen and oxygen atoms in total. The lowest BCUT2D eigenvalue weighted by molar-refractivity contribution is 0.255. The Labute approximate surface area is 125 Å². The molecule has 0 saturated heterocycles. The van der Waals surface area contributed by atoms with Gasteiger partial charge in [0.15, 0.2) is 6.61 Å². The zero-order chi connectivity index (χ0) is 15.1. The van der Waals surface area contributed by atoms with E-state index in [-0.39, 0.29) is 6.04 Å². The molecule has 114 valence electrons. The van der Waals surface area contributed by atoms with E-state index in [4.69, 9.17) is 9.15 Å². The molecule has 2 rings (SSSR count). The molecule has 1 aromatic carbocycles. The van der Waals surface area contributed by atoms with Gasteiger partial charge < -0.3 is 14.5 Å². The number of para-hydroxylation sites is 1. The van der Waals surface area contributed by atoms with Crippen LogP contribution in [0.1, 0.15) is 50.6 Å². The Hall–Kier alpha value is -1.88. The number of nitrogens with zero attached hydrogens (tertiary/aromatic N) is 2. The smallest absolute Gasteiger partial charge is 0.253 e. The summed E-state index contributed by atoms with van der Waals surface area (Å²) in [5.74, 6) is 2.00. The van der Waals surface area contributed by atoms with E-state index in [1.807, 2.05) is 25.1 Å². The molecule has 21 heavy (non-hydrogen) atoms. The molecule has 1 N–H and O–H groups in total. The average Bonchev–Trinajstić information content (AvgIpc) is 2.99. The van der Waals surface area contributed by atoms with Crippen molar-refractivity contribution in [1.29, 1.82) is 0 Å². The SMILES string of the molecule is CCCNC(C)c1ccccc1OCc1nnc(CC)o1. The Morgan fingerprint density at radius 1 is 1.19 bits per heavy atom. The van der Waals surface area contributed by atoms with Crippen molar-refractivity contribution >= 4 is 0 Å². The summed E-state index contributed by atoms with van der Waals surface area (Å²) in [6, 6.07) is 8.28. The fourth-order valence-corrected chi connectivity index (χ4v) is 2.07. The second-order valence-corrected chi connectivity index (χ2v) is 4.95. The Morgan fingerprint density at radius 3 is 2.67 bits per heavy atom. The number of hydrogen-bond acceptors (Lipinski definition) is 5. The monoisotopic (exact) mass is 289 g/mol. The highest BCUT2D eigenvalue weighted by molar-refractivity contribution is 5.35. The lowest BCUT2D eigenvalue weighted by Crippen LogP contribution is -2.20. The summed E-state index contributed by atoms with van der Waals surface area (Å²) in [6.45, 7) is 7.56. The number of hydrogen-bond donors (Lipinski definition) is 1. The van der Waals surface area contributed by atoms with Crippen molar-refractivity contribution in [3.05, 3.63) is 41.6 Å². The van der Waals surface area contributed by atoms with Crippen LogP contribution in [-0.4, -0.2) is 16.7 Å². The van der Waals surface area contributed by atoms with Gasteiger partial charge in [-0.3, -0.25) is 0 Å². The van der Waals surface area contributed by atoms with E-state index in [1.165, 1.54) is 0 Å². The topological polar surface area (TPSA) is 60.2 Å². The van der Waals surface area contributed by atoms with Crippen molar-refractivity contribution < 1.29 is 9.15 Å². The van der Waals surface area contributed by atoms with Crippen LogP contribution < -0.4 is 10.1 Å². The van der Waals surface area contributed by atoms with Crippen LogP contribution in [0.2, 0.25) is 0 Å². The number of aromatic nitrogens is 2. The summed E-state index contributed by atoms with van der Waals surface area (Å²) in [6.07, 6.45) is 1.84. The number of nitrogens with one attached hydrogen (secondary N) is 1. The summed E-state index contributed by atoms with van der Waals surface area (Å²) >= 11 is 0. The van der Waals surface area contributed by atoms with Crippen molar-refractivity contribution in [2.75, 3.05) is 6.54 Å². The summed E-state index contributed by atoms with van der Waals surface area (Å²) in [5.41, 5.74) is 1.14. The fourth-order valence-electron chi connectivity index (χ4n) is 2.07. The van der Waals surface area contributed by atoms with Crippen molar-refractivity contribution in [1.82, 2.24) is 15.5 Å². The molecule has 2 aromatic rings. The Morgan fingerprint density at radius 2 is 1.95 bits per heavy atom. The van der Waals surface area contributed by atoms with Crippen LogP contribution in [0.4, 0.5) is 0 Å². The molecule has 1 atom stereocenters. The fraction of sp³-hybridized carbons (Fsp3) is 0.500. The normalized spacial score (nSPS) is 12.3. The Bertz CT molecular complexity index is 554. The van der Waals surface area contributed by atoms with Gasteiger partial charge in [0, 0.05) is 18.0 Å². The van der Waals surface area contributed by atoms with Crippen LogP contribution in [0.15, 0.2) is 28.7 Å². The van der Waals surface area contributed by atoms with Crippen LogP contribution in [0, 0.1) is 0 Å². The summed E-state index contributed by atoms with van der Waals surface area (Å²) in [7, 11) is 0. The zero-order valence-corrected chi connectivity index (χ0v) is 12.9. The first kappa shape index (κ1) is 15.5. The third-order valence-electron chi connectivity index (χ3n) is 3.25. The first-order chi connectivity index (χ1) is 10.2. The zero-order valence-electron chi connectivity index (χ0n) is 12.9. The Balaban J connectivity index is 2.02. The number of benzene rings is 1. The molecular formula is C16H23N3O2. The highest BCUT2D eigenvalue weighted by Crippen LogP contribution is 2.25. The van der Waals surface area contributed by atoms with Gasteiger partial charge in [0.1, 0.15) is 5.75 Å². The van der Waals surface area contributed by atoms with Crippen molar-refractivity contribution in [3.63, 3.8) is 0 Å². The maximum absolute atomic E-state index is 5.85. The van der Waals surface area contributed by atoms with Gasteiger partial charge in [0.2, 0.25) is 5.89 Å². The maximum Gasteiger partial charge on any atom is 0.253 e. The van der Waals surface area contributed by atoms with Crippen molar-refractivity contribution in [2.24, 2.45) is 0 Å². The van der Waals surface area contributed by atoms with Crippen LogP contribution in [-0.2, 0) is 13.0 Å². The third kappa shape index (κ3) is 4.29. The molecule has 1 heterocycles. The summed E-state index contributed by atoms with van der Waals surface area (Å²) in [5, 5.41) is 11.4. The summed E-state index contributed by atoms with van der Waals surface area (Å²) < 4.78 is 11.3. The second kappa shape index (κ2) is 7.78. The molecule has 5 heteroatoms. The predicted molar refractivity (Wildman–Crippen MR) is 81.2 cm³/mol. The first-order valence-electron chi connectivity index (χ1n) is 7.51. The predicted octanol–water partition coefficient (Wildman–Crippen LogP) is 3.27. The minimum absolute atomic E-state index is 0.245. The third-order valence-corrected chi connectivity index (χ3v) is 3.25. The minimum atomic E-state index is 0.245. The number of rotatable bonds is 8. The quantitative estimate of drug-likeness (QED) is 0.808. The lowest BCUT2D eigenvalue weighted by atomic mass is 10.1.